The number of benzene rings is 1. The van der Waals surface area contributed by atoms with Gasteiger partial charge in [0.2, 0.25) is 0 Å². The molecule has 7 heteroatoms. The fourth-order valence-electron chi connectivity index (χ4n) is 2.60. The lowest BCUT2D eigenvalue weighted by molar-refractivity contribution is -0.384. The van der Waals surface area contributed by atoms with Crippen LogP contribution in [0, 0.1) is 16.0 Å². The second kappa shape index (κ2) is 5.77. The molecule has 0 radical (unpaired) electrons. The summed E-state index contributed by atoms with van der Waals surface area (Å²) in [6, 6.07) is 6.11. The number of amides is 2. The van der Waals surface area contributed by atoms with Crippen molar-refractivity contribution in [1.82, 2.24) is 0 Å². The fourth-order valence-corrected chi connectivity index (χ4v) is 3.69. The van der Waals surface area contributed by atoms with Crippen molar-refractivity contribution in [2.24, 2.45) is 15.9 Å². The number of hydrogen-bond acceptors (Lipinski definition) is 4. The molecule has 0 spiro atoms. The van der Waals surface area contributed by atoms with E-state index < -0.39 is 11.0 Å². The van der Waals surface area contributed by atoms with Gasteiger partial charge in [0.25, 0.3) is 5.69 Å². The molecule has 0 N–H and O–H groups in total. The van der Waals surface area contributed by atoms with Gasteiger partial charge < -0.3 is 0 Å². The van der Waals surface area contributed by atoms with Crippen LogP contribution in [0.25, 0.3) is 0 Å². The molecule has 108 valence electrons. The highest BCUT2D eigenvalue weighted by Gasteiger charge is 2.31. The predicted octanol–water partition coefficient (Wildman–Crippen LogP) is 3.60. The van der Waals surface area contributed by atoms with E-state index in [0.717, 1.165) is 35.6 Å². The number of fused-ring (bicyclic) bond motifs is 1. The third-order valence-corrected chi connectivity index (χ3v) is 4.73. The minimum absolute atomic E-state index is 0.0814. The summed E-state index contributed by atoms with van der Waals surface area (Å²) in [5, 5.41) is 11.6. The number of urea groups is 1. The number of hydrogen-bond donors (Lipinski definition) is 0. The topological polar surface area (TPSA) is 84.9 Å². The van der Waals surface area contributed by atoms with Crippen LogP contribution in [0.5, 0.6) is 0 Å². The number of aliphatic imine (C=N–C) groups is 2. The van der Waals surface area contributed by atoms with Crippen molar-refractivity contribution in [1.29, 1.82) is 0 Å². The fraction of sp³-hybridized carbons (Fsp3) is 0.357. The van der Waals surface area contributed by atoms with Crippen LogP contribution in [0.1, 0.15) is 24.8 Å². The lowest BCUT2D eigenvalue weighted by Crippen LogP contribution is -2.22. The molecule has 21 heavy (non-hydrogen) atoms. The number of thioether (sulfide) groups is 1. The zero-order chi connectivity index (χ0) is 14.8. The van der Waals surface area contributed by atoms with Crippen LogP contribution >= 0.6 is 11.8 Å². The zero-order valence-electron chi connectivity index (χ0n) is 11.2. The van der Waals surface area contributed by atoms with Crippen molar-refractivity contribution in [3.63, 3.8) is 0 Å². The van der Waals surface area contributed by atoms with Crippen LogP contribution in [0.3, 0.4) is 0 Å². The van der Waals surface area contributed by atoms with Gasteiger partial charge in [-0.2, -0.15) is 4.99 Å². The van der Waals surface area contributed by atoms with Crippen molar-refractivity contribution >= 4 is 34.2 Å². The van der Waals surface area contributed by atoms with Gasteiger partial charge in [-0.05, 0) is 24.8 Å². The molecule has 1 heterocycles. The summed E-state index contributed by atoms with van der Waals surface area (Å²) in [6.45, 7) is 0. The number of nitro groups is 1. The summed E-state index contributed by atoms with van der Waals surface area (Å²) in [7, 11) is 0. The lowest BCUT2D eigenvalue weighted by Gasteiger charge is -2.16. The Morgan fingerprint density at radius 3 is 3.05 bits per heavy atom. The first-order valence-corrected chi connectivity index (χ1v) is 7.68. The standard InChI is InChI=1S/C14H13N3O3S/c18-14-15-12-6-2-5-11(12)13(16-14)21-8-9-3-1-4-10(7-9)17(19)20/h1,3-4,7,11H,2,5-6,8H2. The normalized spacial score (nSPS) is 20.8. The van der Waals surface area contributed by atoms with E-state index in [1.165, 1.54) is 17.8 Å². The molecule has 6 nitrogen and oxygen atoms in total. The molecule has 1 unspecified atom stereocenters. The molecule has 1 aromatic rings. The molecule has 1 aromatic carbocycles. The van der Waals surface area contributed by atoms with Gasteiger partial charge in [-0.3, -0.25) is 10.1 Å². The second-order valence-corrected chi connectivity index (χ2v) is 5.99. The van der Waals surface area contributed by atoms with E-state index >= 15 is 0 Å². The molecule has 1 fully saturated rings. The first-order valence-electron chi connectivity index (χ1n) is 6.69. The molecule has 1 atom stereocenters. The van der Waals surface area contributed by atoms with E-state index in [9.17, 15) is 14.9 Å². The quantitative estimate of drug-likeness (QED) is 0.630. The van der Waals surface area contributed by atoms with Crippen molar-refractivity contribution in [3.05, 3.63) is 39.9 Å². The number of nitro benzene ring substituents is 1. The third kappa shape index (κ3) is 3.02. The van der Waals surface area contributed by atoms with Crippen molar-refractivity contribution < 1.29 is 9.72 Å². The highest BCUT2D eigenvalue weighted by atomic mass is 32.2. The van der Waals surface area contributed by atoms with Crippen molar-refractivity contribution in [2.75, 3.05) is 0 Å². The Morgan fingerprint density at radius 2 is 2.24 bits per heavy atom. The molecule has 1 saturated carbocycles. The summed E-state index contributed by atoms with van der Waals surface area (Å²) >= 11 is 1.48. The Balaban J connectivity index is 1.71. The molecule has 1 aliphatic carbocycles. The Morgan fingerprint density at radius 1 is 1.38 bits per heavy atom. The minimum Gasteiger partial charge on any atom is -0.258 e. The van der Waals surface area contributed by atoms with E-state index in [0.29, 0.717) is 5.75 Å². The highest BCUT2D eigenvalue weighted by Crippen LogP contribution is 2.33. The molecule has 1 aliphatic heterocycles. The van der Waals surface area contributed by atoms with E-state index in [2.05, 4.69) is 9.98 Å². The van der Waals surface area contributed by atoms with Gasteiger partial charge in [0.1, 0.15) is 0 Å². The summed E-state index contributed by atoms with van der Waals surface area (Å²) in [4.78, 5) is 29.8. The Kier molecular flexibility index (Phi) is 3.83. The highest BCUT2D eigenvalue weighted by molar-refractivity contribution is 8.13. The number of rotatable bonds is 3. The Hall–Kier alpha value is -2.02. The smallest absolute Gasteiger partial charge is 0.258 e. The maximum absolute atomic E-state index is 11.5. The summed E-state index contributed by atoms with van der Waals surface area (Å²) in [5.41, 5.74) is 1.88. The van der Waals surface area contributed by atoms with E-state index in [-0.39, 0.29) is 11.6 Å². The molecule has 3 rings (SSSR count). The molecule has 0 saturated heterocycles. The van der Waals surface area contributed by atoms with E-state index in [4.69, 9.17) is 0 Å². The molecular weight excluding hydrogens is 290 g/mol. The van der Waals surface area contributed by atoms with Crippen molar-refractivity contribution in [3.8, 4) is 0 Å². The van der Waals surface area contributed by atoms with Crippen molar-refractivity contribution in [2.45, 2.75) is 25.0 Å². The molecule has 2 aliphatic rings. The van der Waals surface area contributed by atoms with Gasteiger partial charge >= 0.3 is 6.03 Å². The number of carbonyl (C=O) groups is 1. The lowest BCUT2D eigenvalue weighted by atomic mass is 10.1. The number of non-ortho nitro benzene ring substituents is 1. The molecule has 0 bridgehead atoms. The summed E-state index contributed by atoms with van der Waals surface area (Å²) in [6.07, 6.45) is 2.88. The first-order chi connectivity index (χ1) is 10.1. The second-order valence-electron chi connectivity index (χ2n) is 5.00. The van der Waals surface area contributed by atoms with Crippen LogP contribution in [-0.2, 0) is 5.75 Å². The van der Waals surface area contributed by atoms with Gasteiger partial charge in [0.05, 0.1) is 9.97 Å². The van der Waals surface area contributed by atoms with E-state index in [1.54, 1.807) is 12.1 Å². The zero-order valence-corrected chi connectivity index (χ0v) is 12.0. The van der Waals surface area contributed by atoms with Gasteiger partial charge in [-0.15, -0.1) is 11.8 Å². The Bertz CT molecular complexity index is 669. The van der Waals surface area contributed by atoms with Gasteiger partial charge in [0.15, 0.2) is 0 Å². The SMILES string of the molecule is O=C1N=C2CCCC2C(SCc2cccc([N+](=O)[O-])c2)=N1. The predicted molar refractivity (Wildman–Crippen MR) is 82.0 cm³/mol. The maximum Gasteiger partial charge on any atom is 0.367 e. The molecule has 2 amide bonds. The maximum atomic E-state index is 11.5. The van der Waals surface area contributed by atoms with Crippen LogP contribution in [0.4, 0.5) is 10.5 Å². The van der Waals surface area contributed by atoms with Gasteiger partial charge in [0, 0.05) is 29.5 Å². The van der Waals surface area contributed by atoms with Gasteiger partial charge in [-0.1, -0.05) is 12.1 Å². The van der Waals surface area contributed by atoms with Crippen LogP contribution in [0.2, 0.25) is 0 Å². The van der Waals surface area contributed by atoms with Crippen LogP contribution in [-0.4, -0.2) is 21.7 Å². The molecular formula is C14H13N3O3S. The average Bonchev–Trinajstić information content (AvgIpc) is 2.93. The molecule has 0 aromatic heterocycles. The largest absolute Gasteiger partial charge is 0.367 e. The monoisotopic (exact) mass is 303 g/mol. The average molecular weight is 303 g/mol. The number of carbonyl (C=O) groups excluding carboxylic acids is 1. The van der Waals surface area contributed by atoms with E-state index in [1.807, 2.05) is 6.07 Å². The van der Waals surface area contributed by atoms with Crippen LogP contribution in [0.15, 0.2) is 34.3 Å². The minimum atomic E-state index is -0.426. The first kappa shape index (κ1) is 13.9. The third-order valence-electron chi connectivity index (χ3n) is 3.58. The summed E-state index contributed by atoms with van der Waals surface area (Å²) < 4.78 is 0. The summed E-state index contributed by atoms with van der Waals surface area (Å²) in [5.74, 6) is 0.740. The van der Waals surface area contributed by atoms with Crippen LogP contribution < -0.4 is 0 Å². The Labute approximate surface area is 125 Å². The van der Waals surface area contributed by atoms with Gasteiger partial charge in [-0.25, -0.2) is 9.79 Å². The number of nitrogens with zero attached hydrogens (tertiary/aromatic N) is 3.